The van der Waals surface area contributed by atoms with Crippen molar-refractivity contribution in [1.82, 2.24) is 9.88 Å². The fourth-order valence-corrected chi connectivity index (χ4v) is 3.65. The quantitative estimate of drug-likeness (QED) is 0.572. The molecule has 0 saturated carbocycles. The molecule has 2 aromatic carbocycles. The van der Waals surface area contributed by atoms with Gasteiger partial charge in [0.15, 0.2) is 0 Å². The van der Waals surface area contributed by atoms with Crippen LogP contribution in [0.5, 0.6) is 11.5 Å². The van der Waals surface area contributed by atoms with Crippen molar-refractivity contribution in [3.05, 3.63) is 71.2 Å². The lowest BCUT2D eigenvalue weighted by Crippen LogP contribution is -2.48. The van der Waals surface area contributed by atoms with Crippen molar-refractivity contribution in [2.45, 2.75) is 0 Å². The van der Waals surface area contributed by atoms with E-state index in [0.29, 0.717) is 49.3 Å². The number of nitriles is 1. The number of nitrogens with zero attached hydrogens (tertiary/aromatic N) is 4. The number of rotatable bonds is 6. The molecule has 8 nitrogen and oxygen atoms in total. The van der Waals surface area contributed by atoms with Gasteiger partial charge in [0.2, 0.25) is 17.5 Å². The molecule has 1 aromatic heterocycles. The van der Waals surface area contributed by atoms with E-state index in [2.05, 4.69) is 11.1 Å². The average molecular weight is 444 g/mol. The third-order valence-corrected chi connectivity index (χ3v) is 5.41. The molecule has 2 heterocycles. The second-order valence-electron chi connectivity index (χ2n) is 7.44. The Kier molecular flexibility index (Phi) is 6.60. The minimum atomic E-state index is -0.0476. The van der Waals surface area contributed by atoms with Crippen molar-refractivity contribution in [3.63, 3.8) is 0 Å². The van der Waals surface area contributed by atoms with Gasteiger partial charge in [-0.05, 0) is 42.0 Å². The van der Waals surface area contributed by atoms with Gasteiger partial charge in [-0.3, -0.25) is 4.79 Å². The molecule has 0 atom stereocenters. The first kappa shape index (κ1) is 22.0. The summed E-state index contributed by atoms with van der Waals surface area (Å²) >= 11 is 0. The molecule has 33 heavy (non-hydrogen) atoms. The second kappa shape index (κ2) is 9.92. The first-order valence-corrected chi connectivity index (χ1v) is 10.5. The largest absolute Gasteiger partial charge is 0.497 e. The van der Waals surface area contributed by atoms with Gasteiger partial charge in [0, 0.05) is 37.8 Å². The molecule has 168 valence electrons. The summed E-state index contributed by atoms with van der Waals surface area (Å²) in [7, 11) is 3.19. The number of methoxy groups -OCH3 is 2. The summed E-state index contributed by atoms with van der Waals surface area (Å²) in [4.78, 5) is 20.9. The van der Waals surface area contributed by atoms with E-state index < -0.39 is 0 Å². The van der Waals surface area contributed by atoms with Crippen LogP contribution in [0.1, 0.15) is 27.5 Å². The summed E-state index contributed by atoms with van der Waals surface area (Å²) in [5.41, 5.74) is 1.75. The summed E-state index contributed by atoms with van der Waals surface area (Å²) < 4.78 is 16.3. The van der Waals surface area contributed by atoms with Gasteiger partial charge < -0.3 is 23.7 Å². The Bertz CT molecular complexity index is 1200. The van der Waals surface area contributed by atoms with Crippen molar-refractivity contribution in [2.24, 2.45) is 0 Å². The van der Waals surface area contributed by atoms with E-state index in [1.54, 1.807) is 43.4 Å². The van der Waals surface area contributed by atoms with Crippen molar-refractivity contribution in [3.8, 4) is 17.6 Å². The van der Waals surface area contributed by atoms with Crippen molar-refractivity contribution >= 4 is 23.9 Å². The van der Waals surface area contributed by atoms with Crippen LogP contribution >= 0.6 is 0 Å². The first-order valence-electron chi connectivity index (χ1n) is 10.5. The first-order chi connectivity index (χ1) is 16.1. The Morgan fingerprint density at radius 2 is 1.73 bits per heavy atom. The fraction of sp³-hybridized carbons (Fsp3) is 0.240. The standard InChI is InChI=1S/C25H24N4O4/c1-31-20-7-3-5-18(15-20)9-10-23-27-22(17-26)25(33-23)29-13-11-28(12-14-29)24(30)19-6-4-8-21(16-19)32-2/h3-10,15-16H,11-14H2,1-2H3/b10-9+. The van der Waals surface area contributed by atoms with Crippen molar-refractivity contribution < 1.29 is 18.7 Å². The highest BCUT2D eigenvalue weighted by Crippen LogP contribution is 2.25. The molecule has 1 saturated heterocycles. The monoisotopic (exact) mass is 444 g/mol. The molecule has 0 unspecified atom stereocenters. The number of hydrogen-bond donors (Lipinski definition) is 0. The number of hydrogen-bond acceptors (Lipinski definition) is 7. The average Bonchev–Trinajstić information content (AvgIpc) is 3.30. The zero-order valence-electron chi connectivity index (χ0n) is 18.5. The maximum absolute atomic E-state index is 12.8. The smallest absolute Gasteiger partial charge is 0.254 e. The molecule has 0 bridgehead atoms. The Hall–Kier alpha value is -4.25. The predicted octanol–water partition coefficient (Wildman–Crippen LogP) is 3.70. The van der Waals surface area contributed by atoms with Gasteiger partial charge in [-0.2, -0.15) is 10.2 Å². The van der Waals surface area contributed by atoms with Crippen LogP contribution in [0.2, 0.25) is 0 Å². The molecule has 1 amide bonds. The number of aromatic nitrogens is 1. The molecule has 1 aliphatic heterocycles. The maximum atomic E-state index is 12.8. The van der Waals surface area contributed by atoms with Gasteiger partial charge in [-0.15, -0.1) is 0 Å². The minimum Gasteiger partial charge on any atom is -0.497 e. The van der Waals surface area contributed by atoms with E-state index in [0.717, 1.165) is 11.3 Å². The molecule has 3 aromatic rings. The molecule has 0 spiro atoms. The van der Waals surface area contributed by atoms with E-state index in [1.807, 2.05) is 41.3 Å². The van der Waals surface area contributed by atoms with E-state index in [4.69, 9.17) is 13.9 Å². The van der Waals surface area contributed by atoms with E-state index >= 15 is 0 Å². The SMILES string of the molecule is COc1cccc(/C=C/c2nc(C#N)c(N3CCN(C(=O)c4cccc(OC)c4)CC3)o2)c1. The summed E-state index contributed by atoms with van der Waals surface area (Å²) in [6.45, 7) is 2.10. The highest BCUT2D eigenvalue weighted by molar-refractivity contribution is 5.94. The molecular formula is C25H24N4O4. The van der Waals surface area contributed by atoms with Crippen molar-refractivity contribution in [1.29, 1.82) is 5.26 Å². The Morgan fingerprint density at radius 3 is 2.42 bits per heavy atom. The van der Waals surface area contributed by atoms with Gasteiger partial charge in [-0.1, -0.05) is 18.2 Å². The molecule has 8 heteroatoms. The Balaban J connectivity index is 1.44. The Morgan fingerprint density at radius 1 is 1.03 bits per heavy atom. The van der Waals surface area contributed by atoms with Gasteiger partial charge in [0.25, 0.3) is 5.91 Å². The van der Waals surface area contributed by atoms with Crippen LogP contribution in [-0.4, -0.2) is 56.2 Å². The van der Waals surface area contributed by atoms with E-state index in [1.165, 1.54) is 0 Å². The maximum Gasteiger partial charge on any atom is 0.254 e. The molecule has 0 radical (unpaired) electrons. The number of carbonyl (C=O) groups excluding carboxylic acids is 1. The van der Waals surface area contributed by atoms with Gasteiger partial charge in [0.1, 0.15) is 17.6 Å². The number of ether oxygens (including phenoxy) is 2. The molecule has 4 rings (SSSR count). The Labute approximate surface area is 192 Å². The fourth-order valence-electron chi connectivity index (χ4n) is 3.65. The number of anilines is 1. The molecular weight excluding hydrogens is 420 g/mol. The van der Waals surface area contributed by atoms with Gasteiger partial charge in [0.05, 0.1) is 14.2 Å². The van der Waals surface area contributed by atoms with Crippen LogP contribution < -0.4 is 14.4 Å². The topological polar surface area (TPSA) is 91.8 Å². The molecule has 1 fully saturated rings. The van der Waals surface area contributed by atoms with Crippen LogP contribution in [0.15, 0.2) is 52.9 Å². The number of piperazine rings is 1. The number of carbonyl (C=O) groups is 1. The van der Waals surface area contributed by atoms with Gasteiger partial charge >= 0.3 is 0 Å². The summed E-state index contributed by atoms with van der Waals surface area (Å²) in [6, 6.07) is 16.8. The van der Waals surface area contributed by atoms with Crippen LogP contribution in [0.3, 0.4) is 0 Å². The van der Waals surface area contributed by atoms with Crippen LogP contribution in [-0.2, 0) is 0 Å². The third kappa shape index (κ3) is 4.99. The lowest BCUT2D eigenvalue weighted by Gasteiger charge is -2.34. The van der Waals surface area contributed by atoms with Crippen molar-refractivity contribution in [2.75, 3.05) is 45.3 Å². The van der Waals surface area contributed by atoms with Crippen LogP contribution in [0.4, 0.5) is 5.88 Å². The highest BCUT2D eigenvalue weighted by Gasteiger charge is 2.26. The lowest BCUT2D eigenvalue weighted by molar-refractivity contribution is 0.0745. The highest BCUT2D eigenvalue weighted by atomic mass is 16.5. The third-order valence-electron chi connectivity index (χ3n) is 5.41. The normalized spacial score (nSPS) is 13.7. The molecule has 1 aliphatic rings. The number of oxazole rings is 1. The number of benzene rings is 2. The van der Waals surface area contributed by atoms with Crippen LogP contribution in [0.25, 0.3) is 12.2 Å². The predicted molar refractivity (Wildman–Crippen MR) is 124 cm³/mol. The lowest BCUT2D eigenvalue weighted by atomic mass is 10.1. The molecule has 0 N–H and O–H groups in total. The van der Waals surface area contributed by atoms with E-state index in [-0.39, 0.29) is 11.6 Å². The molecule has 0 aliphatic carbocycles. The van der Waals surface area contributed by atoms with Gasteiger partial charge in [-0.25, -0.2) is 0 Å². The zero-order chi connectivity index (χ0) is 23.2. The summed E-state index contributed by atoms with van der Waals surface area (Å²) in [5.74, 6) is 2.13. The second-order valence-corrected chi connectivity index (χ2v) is 7.44. The number of amides is 1. The minimum absolute atomic E-state index is 0.0476. The summed E-state index contributed by atoms with van der Waals surface area (Å²) in [5, 5.41) is 9.54. The summed E-state index contributed by atoms with van der Waals surface area (Å²) in [6.07, 6.45) is 3.58. The van der Waals surface area contributed by atoms with E-state index in [9.17, 15) is 10.1 Å². The van der Waals surface area contributed by atoms with Crippen LogP contribution in [0, 0.1) is 11.3 Å². The zero-order valence-corrected chi connectivity index (χ0v) is 18.5.